The van der Waals surface area contributed by atoms with E-state index in [-0.39, 0.29) is 45.5 Å². The summed E-state index contributed by atoms with van der Waals surface area (Å²) in [6, 6.07) is 13.1. The van der Waals surface area contributed by atoms with E-state index in [2.05, 4.69) is 28.3 Å². The first-order valence-corrected chi connectivity index (χ1v) is 19.5. The van der Waals surface area contributed by atoms with Crippen LogP contribution in [0.25, 0.3) is 0 Å². The molecule has 0 bridgehead atoms. The van der Waals surface area contributed by atoms with Gasteiger partial charge in [0.25, 0.3) is 15.9 Å². The number of nitrogens with one attached hydrogen (secondary N) is 1. The van der Waals surface area contributed by atoms with Crippen molar-refractivity contribution in [2.75, 3.05) is 58.4 Å². The van der Waals surface area contributed by atoms with Crippen molar-refractivity contribution in [3.63, 3.8) is 0 Å². The quantitative estimate of drug-likeness (QED) is 0.302. The Morgan fingerprint density at radius 2 is 1.63 bits per heavy atom. The highest BCUT2D eigenvalue weighted by molar-refractivity contribution is 7.93. The Bertz CT molecular complexity index is 2130. The largest absolute Gasteiger partial charge is 0.497 e. The number of rotatable bonds is 9. The van der Waals surface area contributed by atoms with Gasteiger partial charge in [-0.05, 0) is 107 Å². The molecule has 3 amide bonds. The minimum absolute atomic E-state index is 0.0283. The third-order valence-corrected chi connectivity index (χ3v) is 12.1. The third kappa shape index (κ3) is 8.56. The summed E-state index contributed by atoms with van der Waals surface area (Å²) in [5, 5.41) is 20.0. The topological polar surface area (TPSA) is 192 Å². The van der Waals surface area contributed by atoms with Gasteiger partial charge in [-0.1, -0.05) is 0 Å². The van der Waals surface area contributed by atoms with E-state index in [9.17, 15) is 31.6 Å². The summed E-state index contributed by atoms with van der Waals surface area (Å²) in [6.45, 7) is 5.03. The van der Waals surface area contributed by atoms with Gasteiger partial charge in [0.1, 0.15) is 16.4 Å². The first-order valence-electron chi connectivity index (χ1n) is 18.0. The second-order valence-corrected chi connectivity index (χ2v) is 15.4. The molecule has 3 aliphatic heterocycles. The Morgan fingerprint density at radius 1 is 1.00 bits per heavy atom. The Kier molecular flexibility index (Phi) is 12.9. The van der Waals surface area contributed by atoms with Crippen LogP contribution in [0.1, 0.15) is 49.3 Å². The number of pyridine rings is 1. The molecule has 15 nitrogen and oxygen atoms in total. The van der Waals surface area contributed by atoms with Crippen LogP contribution in [0.5, 0.6) is 17.4 Å². The standard InChI is InChI=1S/C36H42N6O7S.C2HF3O2/c1-5-49-33-28(7-6-16-38-33)36(39-35(44)41-19-14-26(15-20-41)25-12-17-40(2)18-13-25)29-21-24(23-37)8-10-30(29)42(34(36)43)50(45,46)32-11-9-27(47-3)22-31(32)48-4;3-2(4,5)1(6)7/h6-11,16,21-22,25-26H,5,12-15,17-20H2,1-4H3,(H,39,44);(H,6,7). The average Bonchev–Trinajstić information content (AvgIpc) is 3.45. The molecule has 0 radical (unpaired) electrons. The van der Waals surface area contributed by atoms with Crippen molar-refractivity contribution in [2.24, 2.45) is 11.8 Å². The summed E-state index contributed by atoms with van der Waals surface area (Å²) in [7, 11) is 0.208. The lowest BCUT2D eigenvalue weighted by Crippen LogP contribution is -2.58. The zero-order valence-corrected chi connectivity index (χ0v) is 32.5. The fourth-order valence-corrected chi connectivity index (χ4v) is 9.08. The van der Waals surface area contributed by atoms with Gasteiger partial charge in [0.05, 0.1) is 43.7 Å². The number of nitrogens with zero attached hydrogens (tertiary/aromatic N) is 5. The van der Waals surface area contributed by atoms with Crippen LogP contribution >= 0.6 is 0 Å². The summed E-state index contributed by atoms with van der Waals surface area (Å²) >= 11 is 0. The summed E-state index contributed by atoms with van der Waals surface area (Å²) in [4.78, 5) is 46.5. The number of fused-ring (bicyclic) bond motifs is 1. The van der Waals surface area contributed by atoms with Crippen molar-refractivity contribution in [3.8, 4) is 23.4 Å². The number of aromatic nitrogens is 1. The number of likely N-dealkylation sites (tertiary alicyclic amines) is 2. The van der Waals surface area contributed by atoms with Gasteiger partial charge in [0.2, 0.25) is 5.88 Å². The van der Waals surface area contributed by atoms with E-state index in [1.54, 1.807) is 24.0 Å². The van der Waals surface area contributed by atoms with Crippen molar-refractivity contribution in [3.05, 3.63) is 71.4 Å². The van der Waals surface area contributed by atoms with Crippen LogP contribution in [0, 0.1) is 23.2 Å². The number of aliphatic carboxylic acids is 1. The van der Waals surface area contributed by atoms with Gasteiger partial charge in [-0.25, -0.2) is 23.0 Å². The molecule has 6 rings (SSSR count). The van der Waals surface area contributed by atoms with Gasteiger partial charge in [0.15, 0.2) is 5.54 Å². The van der Waals surface area contributed by atoms with Crippen LogP contribution in [0.2, 0.25) is 0 Å². The molecule has 3 aromatic rings. The fraction of sp³-hybridized carbons (Fsp3) is 0.447. The number of anilines is 1. The summed E-state index contributed by atoms with van der Waals surface area (Å²) in [6.07, 6.45) is 0.321. The Labute approximate surface area is 328 Å². The molecule has 2 fully saturated rings. The van der Waals surface area contributed by atoms with E-state index in [1.165, 1.54) is 56.8 Å². The normalized spacial score (nSPS) is 19.2. The number of piperidine rings is 2. The van der Waals surface area contributed by atoms with Gasteiger partial charge in [-0.3, -0.25) is 4.79 Å². The number of sulfonamides is 1. The summed E-state index contributed by atoms with van der Waals surface area (Å²) in [5.74, 6) is -2.29. The predicted molar refractivity (Wildman–Crippen MR) is 198 cm³/mol. The maximum atomic E-state index is 15.2. The molecule has 4 heterocycles. The number of carboxylic acid groups (broad SMARTS) is 1. The van der Waals surface area contributed by atoms with Crippen molar-refractivity contribution in [2.45, 2.75) is 49.2 Å². The molecule has 2 saturated heterocycles. The van der Waals surface area contributed by atoms with Crippen LogP contribution in [0.4, 0.5) is 23.7 Å². The molecular formula is C38H43F3N6O9S. The van der Waals surface area contributed by atoms with Crippen LogP contribution < -0.4 is 23.8 Å². The van der Waals surface area contributed by atoms with Crippen molar-refractivity contribution < 1.29 is 55.3 Å². The molecule has 0 spiro atoms. The lowest BCUT2D eigenvalue weighted by Gasteiger charge is -2.40. The number of halogens is 3. The van der Waals surface area contributed by atoms with E-state index in [4.69, 9.17) is 24.1 Å². The first-order chi connectivity index (χ1) is 27.0. The maximum Gasteiger partial charge on any atom is 0.490 e. The van der Waals surface area contributed by atoms with Gasteiger partial charge in [-0.15, -0.1) is 0 Å². The average molecular weight is 817 g/mol. The second kappa shape index (κ2) is 17.3. The minimum atomic E-state index is -5.08. The molecule has 2 aromatic carbocycles. The highest BCUT2D eigenvalue weighted by Crippen LogP contribution is 2.50. The first kappa shape index (κ1) is 42.5. The van der Waals surface area contributed by atoms with Crippen LogP contribution in [0.3, 0.4) is 0 Å². The molecule has 1 atom stereocenters. The van der Waals surface area contributed by atoms with E-state index in [0.717, 1.165) is 38.8 Å². The zero-order valence-electron chi connectivity index (χ0n) is 31.7. The number of carboxylic acids is 1. The van der Waals surface area contributed by atoms with Gasteiger partial charge in [0, 0.05) is 30.9 Å². The van der Waals surface area contributed by atoms with Gasteiger partial charge >= 0.3 is 18.2 Å². The smallest absolute Gasteiger partial charge is 0.490 e. The second-order valence-electron chi connectivity index (χ2n) is 13.7. The number of nitriles is 1. The minimum Gasteiger partial charge on any atom is -0.497 e. The number of carbonyl (C=O) groups excluding carboxylic acids is 2. The Hall–Kier alpha value is -5.61. The lowest BCUT2D eigenvalue weighted by molar-refractivity contribution is -0.192. The maximum absolute atomic E-state index is 15.2. The van der Waals surface area contributed by atoms with Crippen molar-refractivity contribution >= 4 is 33.6 Å². The monoisotopic (exact) mass is 816 g/mol. The molecule has 1 unspecified atom stereocenters. The molecule has 3 aliphatic rings. The number of amides is 3. The number of methoxy groups -OCH3 is 2. The predicted octanol–water partition coefficient (Wildman–Crippen LogP) is 4.74. The van der Waals surface area contributed by atoms with Gasteiger partial charge < -0.3 is 34.4 Å². The fourth-order valence-electron chi connectivity index (χ4n) is 7.47. The molecule has 1 aromatic heterocycles. The number of hydrogen-bond donors (Lipinski definition) is 2. The molecule has 306 valence electrons. The van der Waals surface area contributed by atoms with Gasteiger partial charge in [-0.2, -0.15) is 22.7 Å². The molecule has 19 heteroatoms. The number of urea groups is 1. The van der Waals surface area contributed by atoms with E-state index in [0.29, 0.717) is 35.0 Å². The molecule has 0 saturated carbocycles. The molecule has 2 N–H and O–H groups in total. The molecular weight excluding hydrogens is 774 g/mol. The highest BCUT2D eigenvalue weighted by atomic mass is 32.2. The molecule has 57 heavy (non-hydrogen) atoms. The Morgan fingerprint density at radius 3 is 2.19 bits per heavy atom. The van der Waals surface area contributed by atoms with Crippen LogP contribution in [-0.4, -0.2) is 106 Å². The number of benzene rings is 2. The Balaban J connectivity index is 0.000000811. The number of alkyl halides is 3. The highest BCUT2D eigenvalue weighted by Gasteiger charge is 2.59. The van der Waals surface area contributed by atoms with Crippen LogP contribution in [0.15, 0.2) is 59.6 Å². The van der Waals surface area contributed by atoms with Crippen molar-refractivity contribution in [1.82, 2.24) is 20.1 Å². The number of hydrogen-bond acceptors (Lipinski definition) is 11. The van der Waals surface area contributed by atoms with E-state index in [1.807, 2.05) is 0 Å². The number of carbonyl (C=O) groups is 3. The summed E-state index contributed by atoms with van der Waals surface area (Å²) in [5.41, 5.74) is -1.76. The third-order valence-electron chi connectivity index (χ3n) is 10.4. The SMILES string of the molecule is CCOc1ncccc1C1(NC(=O)N2CCC(C3CCN(C)CC3)CC2)C(=O)N(S(=O)(=O)c2ccc(OC)cc2OC)c2ccc(C#N)cc21.O=C(O)C(F)(F)F. The number of ether oxygens (including phenoxy) is 3. The zero-order chi connectivity index (χ0) is 41.7. The molecule has 0 aliphatic carbocycles. The van der Waals surface area contributed by atoms with Crippen LogP contribution in [-0.2, 0) is 25.2 Å². The van der Waals surface area contributed by atoms with E-state index < -0.39 is 39.6 Å². The van der Waals surface area contributed by atoms with E-state index >= 15 is 4.79 Å². The van der Waals surface area contributed by atoms with Crippen molar-refractivity contribution in [1.29, 1.82) is 5.26 Å². The summed E-state index contributed by atoms with van der Waals surface area (Å²) < 4.78 is 78.2. The lowest BCUT2D eigenvalue weighted by atomic mass is 9.79.